The van der Waals surface area contributed by atoms with Crippen LogP contribution in [-0.4, -0.2) is 38.1 Å². The van der Waals surface area contributed by atoms with Gasteiger partial charge < -0.3 is 20.3 Å². The Hall–Kier alpha value is -1.10. The van der Waals surface area contributed by atoms with E-state index in [1.807, 2.05) is 0 Å². The van der Waals surface area contributed by atoms with Gasteiger partial charge in [0.2, 0.25) is 0 Å². The minimum atomic E-state index is -0.337. The molecule has 1 atom stereocenters. The minimum Gasteiger partial charge on any atom is -0.496 e. The van der Waals surface area contributed by atoms with Crippen LogP contribution in [0.25, 0.3) is 0 Å². The topological polar surface area (TPSA) is 64.7 Å². The first-order valence-corrected chi connectivity index (χ1v) is 6.57. The van der Waals surface area contributed by atoms with Gasteiger partial charge in [-0.3, -0.25) is 0 Å². The summed E-state index contributed by atoms with van der Waals surface area (Å²) in [4.78, 5) is 0. The van der Waals surface area contributed by atoms with Crippen molar-refractivity contribution in [3.8, 4) is 5.75 Å². The molecule has 0 bridgehead atoms. The Balaban J connectivity index is 2.64. The van der Waals surface area contributed by atoms with Gasteiger partial charge in [0, 0.05) is 11.6 Å². The molecule has 106 valence electrons. The second-order valence-corrected chi connectivity index (χ2v) is 5.48. The van der Waals surface area contributed by atoms with Gasteiger partial charge in [0.05, 0.1) is 32.3 Å². The Morgan fingerprint density at radius 3 is 2.42 bits per heavy atom. The zero-order valence-electron chi connectivity index (χ0n) is 12.1. The molecule has 19 heavy (non-hydrogen) atoms. The number of rotatable bonds is 4. The van der Waals surface area contributed by atoms with Crippen molar-refractivity contribution in [3.05, 3.63) is 28.3 Å². The molecule has 0 radical (unpaired) electrons. The summed E-state index contributed by atoms with van der Waals surface area (Å²) in [5.74, 6) is 0.879. The van der Waals surface area contributed by atoms with E-state index in [-0.39, 0.29) is 18.1 Å². The number of benzene rings is 1. The maximum absolute atomic E-state index is 9.45. The van der Waals surface area contributed by atoms with E-state index >= 15 is 0 Å². The standard InChI is InChI=1S/C15H23NO3/c1-9-5-10(2)13(14(18-4)11(9)3)15(7-19-8-15)12(16)6-17/h5,12,17H,6-8,16H2,1-4H3. The number of aryl methyl sites for hydroxylation is 2. The van der Waals surface area contributed by atoms with E-state index in [9.17, 15) is 5.11 Å². The van der Waals surface area contributed by atoms with Crippen LogP contribution >= 0.6 is 0 Å². The van der Waals surface area contributed by atoms with Gasteiger partial charge in [-0.2, -0.15) is 0 Å². The van der Waals surface area contributed by atoms with Crippen LogP contribution in [0.15, 0.2) is 6.07 Å². The molecule has 1 aromatic rings. The van der Waals surface area contributed by atoms with Gasteiger partial charge in [-0.25, -0.2) is 0 Å². The zero-order valence-corrected chi connectivity index (χ0v) is 12.1. The molecule has 1 fully saturated rings. The molecule has 4 heteroatoms. The summed E-state index contributed by atoms with van der Waals surface area (Å²) >= 11 is 0. The maximum Gasteiger partial charge on any atom is 0.126 e. The normalized spacial score (nSPS) is 18.8. The highest BCUT2D eigenvalue weighted by molar-refractivity contribution is 5.55. The first-order valence-electron chi connectivity index (χ1n) is 6.57. The van der Waals surface area contributed by atoms with Gasteiger partial charge in [-0.1, -0.05) is 6.07 Å². The van der Waals surface area contributed by atoms with Crippen molar-refractivity contribution < 1.29 is 14.6 Å². The van der Waals surface area contributed by atoms with Crippen LogP contribution in [0, 0.1) is 20.8 Å². The van der Waals surface area contributed by atoms with Crippen LogP contribution in [0.4, 0.5) is 0 Å². The molecule has 0 aromatic heterocycles. The third kappa shape index (κ3) is 2.04. The molecule has 3 N–H and O–H groups in total. The molecular formula is C15H23NO3. The summed E-state index contributed by atoms with van der Waals surface area (Å²) in [6, 6.07) is 1.81. The maximum atomic E-state index is 9.45. The molecule has 1 aromatic carbocycles. The number of aliphatic hydroxyl groups excluding tert-OH is 1. The molecule has 4 nitrogen and oxygen atoms in total. The van der Waals surface area contributed by atoms with Gasteiger partial charge in [0.15, 0.2) is 0 Å². The highest BCUT2D eigenvalue weighted by atomic mass is 16.5. The van der Waals surface area contributed by atoms with E-state index in [1.165, 1.54) is 5.56 Å². The quantitative estimate of drug-likeness (QED) is 0.859. The summed E-state index contributed by atoms with van der Waals surface area (Å²) in [6.07, 6.45) is 0. The van der Waals surface area contributed by atoms with Crippen molar-refractivity contribution in [2.45, 2.75) is 32.2 Å². The van der Waals surface area contributed by atoms with Crippen molar-refractivity contribution in [2.75, 3.05) is 26.9 Å². The van der Waals surface area contributed by atoms with Gasteiger partial charge in [-0.15, -0.1) is 0 Å². The van der Waals surface area contributed by atoms with Gasteiger partial charge in [0.1, 0.15) is 5.75 Å². The van der Waals surface area contributed by atoms with Gasteiger partial charge >= 0.3 is 0 Å². The molecule has 1 aliphatic rings. The number of ether oxygens (including phenoxy) is 2. The average molecular weight is 265 g/mol. The summed E-state index contributed by atoms with van der Waals surface area (Å²) in [5, 5.41) is 9.45. The molecule has 1 unspecified atom stereocenters. The lowest BCUT2D eigenvalue weighted by Gasteiger charge is -2.47. The van der Waals surface area contributed by atoms with Crippen LogP contribution in [0.1, 0.15) is 22.3 Å². The first-order chi connectivity index (χ1) is 8.97. The lowest BCUT2D eigenvalue weighted by molar-refractivity contribution is -0.0809. The Morgan fingerprint density at radius 1 is 1.37 bits per heavy atom. The lowest BCUT2D eigenvalue weighted by atomic mass is 9.70. The highest BCUT2D eigenvalue weighted by Gasteiger charge is 2.48. The van der Waals surface area contributed by atoms with E-state index < -0.39 is 0 Å². The van der Waals surface area contributed by atoms with Gasteiger partial charge in [-0.05, 0) is 37.5 Å². The summed E-state index contributed by atoms with van der Waals surface area (Å²) in [5.41, 5.74) is 10.4. The van der Waals surface area contributed by atoms with E-state index in [1.54, 1.807) is 7.11 Å². The van der Waals surface area contributed by atoms with Crippen LogP contribution in [0.3, 0.4) is 0 Å². The van der Waals surface area contributed by atoms with Crippen LogP contribution < -0.4 is 10.5 Å². The predicted octanol–water partition coefficient (Wildman–Crippen LogP) is 1.21. The highest BCUT2D eigenvalue weighted by Crippen LogP contribution is 2.44. The number of methoxy groups -OCH3 is 1. The molecule has 0 spiro atoms. The minimum absolute atomic E-state index is 0.0567. The van der Waals surface area contributed by atoms with E-state index in [0.717, 1.165) is 22.4 Å². The second-order valence-electron chi connectivity index (χ2n) is 5.48. The Morgan fingerprint density at radius 2 is 2.00 bits per heavy atom. The molecule has 1 saturated heterocycles. The van der Waals surface area contributed by atoms with Crippen molar-refractivity contribution in [1.29, 1.82) is 0 Å². The molecule has 0 saturated carbocycles. The SMILES string of the molecule is COc1c(C)c(C)cc(C)c1C1(C(N)CO)COC1. The van der Waals surface area contributed by atoms with Crippen molar-refractivity contribution in [3.63, 3.8) is 0 Å². The molecule has 1 heterocycles. The fourth-order valence-corrected chi connectivity index (χ4v) is 2.97. The molecule has 2 rings (SSSR count). The Kier molecular flexibility index (Phi) is 3.85. The molecule has 0 aliphatic carbocycles. The van der Waals surface area contributed by atoms with Crippen LogP contribution in [-0.2, 0) is 10.2 Å². The Bertz CT molecular complexity index is 481. The van der Waals surface area contributed by atoms with Gasteiger partial charge in [0.25, 0.3) is 0 Å². The van der Waals surface area contributed by atoms with E-state index in [2.05, 4.69) is 26.8 Å². The third-order valence-corrected chi connectivity index (χ3v) is 4.31. The predicted molar refractivity (Wildman–Crippen MR) is 74.8 cm³/mol. The van der Waals surface area contributed by atoms with E-state index in [0.29, 0.717) is 13.2 Å². The zero-order chi connectivity index (χ0) is 14.2. The average Bonchev–Trinajstić information content (AvgIpc) is 2.34. The van der Waals surface area contributed by atoms with Crippen molar-refractivity contribution in [1.82, 2.24) is 0 Å². The second kappa shape index (κ2) is 5.12. The fraction of sp³-hybridized carbons (Fsp3) is 0.600. The molecule has 0 amide bonds. The molecular weight excluding hydrogens is 242 g/mol. The first kappa shape index (κ1) is 14.3. The number of hydrogen-bond acceptors (Lipinski definition) is 4. The van der Waals surface area contributed by atoms with E-state index in [4.69, 9.17) is 15.2 Å². The third-order valence-electron chi connectivity index (χ3n) is 4.31. The smallest absolute Gasteiger partial charge is 0.126 e. The number of nitrogens with two attached hydrogens (primary N) is 1. The van der Waals surface area contributed by atoms with Crippen LogP contribution in [0.2, 0.25) is 0 Å². The lowest BCUT2D eigenvalue weighted by Crippen LogP contribution is -2.60. The Labute approximate surface area is 114 Å². The monoisotopic (exact) mass is 265 g/mol. The van der Waals surface area contributed by atoms with Crippen LogP contribution in [0.5, 0.6) is 5.75 Å². The fourth-order valence-electron chi connectivity index (χ4n) is 2.97. The molecule has 1 aliphatic heterocycles. The summed E-state index contributed by atoms with van der Waals surface area (Å²) in [7, 11) is 1.68. The van der Waals surface area contributed by atoms with Crippen molar-refractivity contribution in [2.24, 2.45) is 5.73 Å². The number of hydrogen-bond donors (Lipinski definition) is 2. The summed E-state index contributed by atoms with van der Waals surface area (Å²) < 4.78 is 11.0. The summed E-state index contributed by atoms with van der Waals surface area (Å²) in [6.45, 7) is 7.20. The number of aliphatic hydroxyl groups is 1. The largest absolute Gasteiger partial charge is 0.496 e. The van der Waals surface area contributed by atoms with Crippen molar-refractivity contribution >= 4 is 0 Å².